The zero-order valence-electron chi connectivity index (χ0n) is 68.4. The predicted octanol–water partition coefficient (Wildman–Crippen LogP) is 29.4. The fraction of sp³-hybridized carbons (Fsp3) is 0.945. The van der Waals surface area contributed by atoms with Crippen LogP contribution in [-0.4, -0.2) is 87.4 Å². The van der Waals surface area contributed by atoms with Gasteiger partial charge in [0, 0.05) is 12.8 Å². The molecular weight excluding hydrogens is 1230 g/mol. The van der Waals surface area contributed by atoms with Gasteiger partial charge in [0.15, 0.2) is 6.10 Å². The highest BCUT2D eigenvalue weighted by molar-refractivity contribution is 5.71. The number of carbonyl (C=O) groups is 3. The summed E-state index contributed by atoms with van der Waals surface area (Å²) in [6.45, 7) is 4.98. The average Bonchev–Trinajstić information content (AvgIpc) is 1.67. The number of allylic oxidation sites excluding steroid dienone is 2. The van der Waals surface area contributed by atoms with Crippen LogP contribution in [0, 0.1) is 0 Å². The minimum Gasteiger partial charge on any atom is -0.477 e. The molecule has 0 aromatic rings. The number of hydrogen-bond acceptors (Lipinski definition) is 7. The number of carboxylic acids is 1. The molecule has 2 atom stereocenters. The lowest BCUT2D eigenvalue weighted by molar-refractivity contribution is -0.870. The van der Waals surface area contributed by atoms with Gasteiger partial charge in [-0.1, -0.05) is 456 Å². The molecule has 9 heteroatoms. The average molecular weight is 1410 g/mol. The minimum atomic E-state index is -1.51. The van der Waals surface area contributed by atoms with Gasteiger partial charge in [-0.25, -0.2) is 4.79 Å². The normalized spacial score (nSPS) is 12.5. The Morgan fingerprint density at radius 2 is 0.510 bits per heavy atom. The van der Waals surface area contributed by atoms with Crippen LogP contribution in [0.1, 0.15) is 495 Å². The topological polar surface area (TPSA) is 108 Å². The van der Waals surface area contributed by atoms with Crippen molar-refractivity contribution in [1.82, 2.24) is 0 Å². The zero-order chi connectivity index (χ0) is 72.5. The largest absolute Gasteiger partial charge is 0.477 e. The molecule has 0 saturated carbocycles. The van der Waals surface area contributed by atoms with Gasteiger partial charge in [-0.15, -0.1) is 0 Å². The van der Waals surface area contributed by atoms with E-state index < -0.39 is 18.4 Å². The van der Waals surface area contributed by atoms with Crippen molar-refractivity contribution in [3.8, 4) is 0 Å². The van der Waals surface area contributed by atoms with E-state index in [-0.39, 0.29) is 38.2 Å². The highest BCUT2D eigenvalue weighted by Crippen LogP contribution is 2.22. The molecule has 2 unspecified atom stereocenters. The first kappa shape index (κ1) is 98.0. The van der Waals surface area contributed by atoms with Crippen LogP contribution >= 0.6 is 0 Å². The molecule has 9 nitrogen and oxygen atoms in total. The van der Waals surface area contributed by atoms with E-state index in [0.717, 1.165) is 38.5 Å². The summed E-state index contributed by atoms with van der Waals surface area (Å²) in [6.07, 6.45) is 103. The van der Waals surface area contributed by atoms with Crippen LogP contribution in [0.15, 0.2) is 12.2 Å². The summed E-state index contributed by atoms with van der Waals surface area (Å²) in [5, 5.41) is 9.79. The van der Waals surface area contributed by atoms with Crippen molar-refractivity contribution in [1.29, 1.82) is 0 Å². The lowest BCUT2D eigenvalue weighted by Crippen LogP contribution is -2.40. The monoisotopic (exact) mass is 1410 g/mol. The Balaban J connectivity index is 3.87. The maximum absolute atomic E-state index is 13.0. The summed E-state index contributed by atoms with van der Waals surface area (Å²) < 4.78 is 23.1. The van der Waals surface area contributed by atoms with Gasteiger partial charge in [-0.05, 0) is 38.5 Å². The summed E-state index contributed by atoms with van der Waals surface area (Å²) in [7, 11) is 6.01. The van der Waals surface area contributed by atoms with Gasteiger partial charge < -0.3 is 28.5 Å². The van der Waals surface area contributed by atoms with Crippen molar-refractivity contribution in [2.24, 2.45) is 0 Å². The Kier molecular flexibility index (Phi) is 81.1. The molecule has 0 radical (unpaired) electrons. The van der Waals surface area contributed by atoms with Crippen LogP contribution in [0.25, 0.3) is 0 Å². The van der Waals surface area contributed by atoms with Crippen LogP contribution in [0.4, 0.5) is 0 Å². The first-order chi connectivity index (χ1) is 49.1. The Hall–Kier alpha value is -1.97. The number of rotatable bonds is 87. The first-order valence-corrected chi connectivity index (χ1v) is 45.4. The van der Waals surface area contributed by atoms with E-state index in [1.165, 1.54) is 430 Å². The molecule has 0 fully saturated rings. The predicted molar refractivity (Wildman–Crippen MR) is 434 cm³/mol. The third-order valence-electron chi connectivity index (χ3n) is 21.3. The van der Waals surface area contributed by atoms with Crippen LogP contribution in [0.5, 0.6) is 0 Å². The summed E-state index contributed by atoms with van der Waals surface area (Å²) >= 11 is 0. The summed E-state index contributed by atoms with van der Waals surface area (Å²) in [5.74, 6) is -1.96. The molecule has 1 N–H and O–H groups in total. The van der Waals surface area contributed by atoms with Gasteiger partial charge >= 0.3 is 17.9 Å². The molecule has 0 aliphatic heterocycles. The molecule has 0 bridgehead atoms. The van der Waals surface area contributed by atoms with Crippen LogP contribution in [0.3, 0.4) is 0 Å². The quantitative estimate of drug-likeness (QED) is 0.0211. The van der Waals surface area contributed by atoms with Crippen LogP contribution < -0.4 is 0 Å². The number of ether oxygens (including phenoxy) is 4. The van der Waals surface area contributed by atoms with Crippen LogP contribution in [0.2, 0.25) is 0 Å². The summed E-state index contributed by atoms with van der Waals surface area (Å²) in [6, 6.07) is 0. The van der Waals surface area contributed by atoms with Gasteiger partial charge in [-0.3, -0.25) is 9.59 Å². The van der Waals surface area contributed by atoms with Gasteiger partial charge in [0.1, 0.15) is 13.2 Å². The maximum atomic E-state index is 13.0. The molecule has 0 aromatic heterocycles. The van der Waals surface area contributed by atoms with Crippen molar-refractivity contribution in [2.75, 3.05) is 47.5 Å². The molecule has 0 amide bonds. The number of esters is 2. The second-order valence-corrected chi connectivity index (χ2v) is 32.6. The molecule has 594 valence electrons. The molecule has 0 aliphatic carbocycles. The van der Waals surface area contributed by atoms with Gasteiger partial charge in [0.2, 0.25) is 0 Å². The van der Waals surface area contributed by atoms with Gasteiger partial charge in [0.05, 0.1) is 34.4 Å². The molecular formula is C91H178NO8+. The number of hydrogen-bond donors (Lipinski definition) is 1. The Labute approximate surface area is 625 Å². The van der Waals surface area contributed by atoms with E-state index in [9.17, 15) is 19.5 Å². The number of carbonyl (C=O) groups excluding carboxylic acids is 2. The molecule has 0 rings (SSSR count). The molecule has 0 aromatic carbocycles. The van der Waals surface area contributed by atoms with E-state index in [4.69, 9.17) is 18.9 Å². The second kappa shape index (κ2) is 82.7. The number of aliphatic carboxylic acids is 1. The Morgan fingerprint density at radius 3 is 0.740 bits per heavy atom. The molecule has 0 saturated heterocycles. The smallest absolute Gasteiger partial charge is 0.361 e. The highest BCUT2D eigenvalue weighted by atomic mass is 16.7. The highest BCUT2D eigenvalue weighted by Gasteiger charge is 2.25. The lowest BCUT2D eigenvalue weighted by atomic mass is 10.0. The second-order valence-electron chi connectivity index (χ2n) is 32.6. The SMILES string of the molecule is CCCCCCCCCC/C=C\CCCCCCCCCCCCCCCCCCCCCCCCCC(=O)OC(COC(=O)CCCCCCCCCCCCCCCCCCCCCCCCCCCCCCCCCCCCCCCCCC)COC(OCC[N+](C)(C)C)C(=O)O. The third kappa shape index (κ3) is 83.3. The third-order valence-corrected chi connectivity index (χ3v) is 21.3. The van der Waals surface area contributed by atoms with Crippen molar-refractivity contribution in [3.05, 3.63) is 12.2 Å². The number of likely N-dealkylation sites (N-methyl/N-ethyl adjacent to an activating group) is 1. The molecule has 100 heavy (non-hydrogen) atoms. The zero-order valence-corrected chi connectivity index (χ0v) is 68.4. The van der Waals surface area contributed by atoms with Crippen molar-refractivity contribution < 1.29 is 42.9 Å². The van der Waals surface area contributed by atoms with Crippen molar-refractivity contribution in [2.45, 2.75) is 508 Å². The van der Waals surface area contributed by atoms with Gasteiger partial charge in [0.25, 0.3) is 6.29 Å². The first-order valence-electron chi connectivity index (χ1n) is 45.4. The number of carboxylic acid groups (broad SMARTS) is 1. The number of quaternary nitrogens is 1. The lowest BCUT2D eigenvalue weighted by Gasteiger charge is -2.25. The van der Waals surface area contributed by atoms with Crippen molar-refractivity contribution in [3.63, 3.8) is 0 Å². The Bertz CT molecular complexity index is 1650. The molecule has 0 spiro atoms. The summed E-state index contributed by atoms with van der Waals surface area (Å²) in [5.41, 5.74) is 0. The maximum Gasteiger partial charge on any atom is 0.361 e. The van der Waals surface area contributed by atoms with E-state index in [2.05, 4.69) is 26.0 Å². The fourth-order valence-electron chi connectivity index (χ4n) is 14.4. The summed E-state index contributed by atoms with van der Waals surface area (Å²) in [4.78, 5) is 37.8. The fourth-order valence-corrected chi connectivity index (χ4v) is 14.4. The molecule has 0 heterocycles. The van der Waals surface area contributed by atoms with E-state index >= 15 is 0 Å². The van der Waals surface area contributed by atoms with E-state index in [0.29, 0.717) is 17.4 Å². The minimum absolute atomic E-state index is 0.172. The van der Waals surface area contributed by atoms with E-state index in [1.807, 2.05) is 21.1 Å². The van der Waals surface area contributed by atoms with Crippen LogP contribution in [-0.2, 0) is 33.3 Å². The number of unbranched alkanes of at least 4 members (excludes halogenated alkanes) is 70. The van der Waals surface area contributed by atoms with Crippen molar-refractivity contribution >= 4 is 17.9 Å². The standard InChI is InChI=1S/C91H177NO8/c1-6-8-10-12-14-16-18-20-22-24-26-28-30-32-34-36-38-40-42-43-44-45-46-48-49-51-53-55-57-59-61-63-65-67-69-71-73-75-77-79-81-88(93)98-85-87(86-99-91(90(95)96)97-84-83-92(3,4)5)100-89(94)82-80-78-76-74-72-70-68-66-64-62-60-58-56-54-52-50-47-41-39-37-35-33-31-29-27-25-23-21-19-17-15-13-11-9-7-2/h25,27,87,91H,6-24,26,28-86H2,1-5H3/p+1/b27-25-. The van der Waals surface area contributed by atoms with E-state index in [1.54, 1.807) is 0 Å². The van der Waals surface area contributed by atoms with Gasteiger partial charge in [-0.2, -0.15) is 0 Å². The number of nitrogens with zero attached hydrogens (tertiary/aromatic N) is 1. The molecule has 0 aliphatic rings. The Morgan fingerprint density at radius 1 is 0.290 bits per heavy atom.